The third kappa shape index (κ3) is 11.7. The Kier molecular flexibility index (Phi) is 16.8. The van der Waals surface area contributed by atoms with Crippen molar-refractivity contribution in [2.24, 2.45) is 11.8 Å². The summed E-state index contributed by atoms with van der Waals surface area (Å²) in [4.78, 5) is 10.5. The fraction of sp³-hybridized carbons (Fsp3) is 0.303. The first-order valence-electron chi connectivity index (χ1n) is 27.1. The van der Waals surface area contributed by atoms with Gasteiger partial charge in [-0.2, -0.15) is 0 Å². The molecule has 4 heterocycles. The van der Waals surface area contributed by atoms with E-state index in [9.17, 15) is 0 Å². The highest BCUT2D eigenvalue weighted by Crippen LogP contribution is 2.42. The van der Waals surface area contributed by atoms with E-state index in [0.29, 0.717) is 58.6 Å². The van der Waals surface area contributed by atoms with Gasteiger partial charge >= 0.3 is 0 Å². The van der Waals surface area contributed by atoms with Gasteiger partial charge in [-0.3, -0.25) is 0 Å². The molecular formula is C66H72N6O4. The summed E-state index contributed by atoms with van der Waals surface area (Å²) in [6, 6.07) is 43.3. The minimum atomic E-state index is 0.236. The van der Waals surface area contributed by atoms with Gasteiger partial charge in [-0.05, 0) is 101 Å². The van der Waals surface area contributed by atoms with Crippen molar-refractivity contribution >= 4 is 5.57 Å². The smallest absolute Gasteiger partial charge is 0.140 e. The Morgan fingerprint density at radius 3 is 1.66 bits per heavy atom. The maximum absolute atomic E-state index is 5.93. The number of aromatic nitrogens is 6. The Bertz CT molecular complexity index is 3350. The molecule has 10 heteroatoms. The van der Waals surface area contributed by atoms with Crippen LogP contribution in [0.25, 0.3) is 73.2 Å². The second-order valence-electron chi connectivity index (χ2n) is 20.0. The van der Waals surface area contributed by atoms with Gasteiger partial charge in [0.2, 0.25) is 0 Å². The summed E-state index contributed by atoms with van der Waals surface area (Å²) < 4.78 is 32.0. The number of nitrogens with zero attached hydrogens (tertiary/aromatic N) is 6. The second kappa shape index (κ2) is 24.6. The summed E-state index contributed by atoms with van der Waals surface area (Å²) in [6.07, 6.45) is 21.8. The molecule has 0 saturated carbocycles. The molecule has 0 fully saturated rings. The first-order valence-corrected chi connectivity index (χ1v) is 27.1. The van der Waals surface area contributed by atoms with Crippen molar-refractivity contribution in [3.05, 3.63) is 199 Å². The molecule has 0 amide bonds. The highest BCUT2D eigenvalue weighted by molar-refractivity contribution is 5.77. The quantitative estimate of drug-likeness (QED) is 0.0594. The molecule has 10 nitrogen and oxygen atoms in total. The lowest BCUT2D eigenvalue weighted by Gasteiger charge is -2.26. The van der Waals surface area contributed by atoms with Crippen LogP contribution in [0, 0.1) is 11.8 Å². The van der Waals surface area contributed by atoms with E-state index in [1.165, 1.54) is 55.9 Å². The lowest BCUT2D eigenvalue weighted by Crippen LogP contribution is -2.12. The van der Waals surface area contributed by atoms with Crippen molar-refractivity contribution in [2.75, 3.05) is 53.9 Å². The molecule has 3 unspecified atom stereocenters. The molecule has 0 saturated heterocycles. The Morgan fingerprint density at radius 2 is 1.05 bits per heavy atom. The number of hydrogen-bond acceptors (Lipinski definition) is 6. The molecule has 4 aromatic heterocycles. The Hall–Kier alpha value is -7.34. The fourth-order valence-electron chi connectivity index (χ4n) is 10.9. The topological polar surface area (TPSA) is 82.4 Å². The van der Waals surface area contributed by atoms with Crippen molar-refractivity contribution in [2.45, 2.75) is 66.2 Å². The fourth-order valence-corrected chi connectivity index (χ4v) is 10.9. The largest absolute Gasteiger partial charge is 0.383 e. The molecule has 10 rings (SSSR count). The van der Waals surface area contributed by atoms with Crippen LogP contribution in [0.5, 0.6) is 0 Å². The monoisotopic (exact) mass is 1010 g/mol. The lowest BCUT2D eigenvalue weighted by atomic mass is 9.78. The molecule has 2 aliphatic rings. The van der Waals surface area contributed by atoms with Crippen LogP contribution in [0.3, 0.4) is 0 Å². The van der Waals surface area contributed by atoms with E-state index < -0.39 is 0 Å². The molecule has 0 N–H and O–H groups in total. The highest BCUT2D eigenvalue weighted by Gasteiger charge is 2.27. The van der Waals surface area contributed by atoms with Crippen LogP contribution in [-0.2, 0) is 45.1 Å². The summed E-state index contributed by atoms with van der Waals surface area (Å²) in [5.41, 5.74) is 17.5. The van der Waals surface area contributed by atoms with Gasteiger partial charge in [-0.15, -0.1) is 0 Å². The highest BCUT2D eigenvalue weighted by atomic mass is 16.5. The zero-order valence-corrected chi connectivity index (χ0v) is 45.1. The summed E-state index contributed by atoms with van der Waals surface area (Å²) in [5.74, 6) is 2.62. The van der Waals surface area contributed by atoms with E-state index in [2.05, 4.69) is 216 Å². The van der Waals surface area contributed by atoms with Crippen LogP contribution in [-0.4, -0.2) is 82.1 Å². The summed E-state index contributed by atoms with van der Waals surface area (Å²) in [6.45, 7) is 15.6. The number of hydrogen-bond donors (Lipinski definition) is 0. The predicted molar refractivity (Wildman–Crippen MR) is 309 cm³/mol. The van der Waals surface area contributed by atoms with Gasteiger partial charge in [0.25, 0.3) is 0 Å². The number of ether oxygens (including phenoxy) is 4. The van der Waals surface area contributed by atoms with E-state index in [0.717, 1.165) is 59.2 Å². The molecule has 3 atom stereocenters. The Balaban J connectivity index is 0.899. The van der Waals surface area contributed by atoms with E-state index >= 15 is 0 Å². The number of allylic oxidation sites excluding steroid dienone is 8. The Labute approximate surface area is 449 Å². The SMILES string of the molecule is CCOCCn1cc(-c2ccccc2)cc1-c1cccc(-c2cc(C3C=CC(C4=CC=C(c5cn(CCOC)c(-c6cccc(-c7nc(-c8ccccc8)cn7CCOC)c6)n5)C(C)C4)=CC3C)cn2CCOCC)c1. The average Bonchev–Trinajstić information content (AvgIpc) is 4.30. The third-order valence-corrected chi connectivity index (χ3v) is 14.9. The van der Waals surface area contributed by atoms with E-state index in [4.69, 9.17) is 28.9 Å². The Morgan fingerprint density at radius 1 is 0.513 bits per heavy atom. The molecular weight excluding hydrogens is 941 g/mol. The molecule has 0 radical (unpaired) electrons. The van der Waals surface area contributed by atoms with Crippen LogP contribution in [0.15, 0.2) is 188 Å². The van der Waals surface area contributed by atoms with Crippen LogP contribution >= 0.6 is 0 Å². The zero-order valence-electron chi connectivity index (χ0n) is 45.1. The first-order chi connectivity index (χ1) is 37.3. The van der Waals surface area contributed by atoms with Gasteiger partial charge in [0.05, 0.1) is 37.8 Å². The minimum absolute atomic E-state index is 0.236. The van der Waals surface area contributed by atoms with Crippen molar-refractivity contribution in [1.82, 2.24) is 28.2 Å². The maximum Gasteiger partial charge on any atom is 0.140 e. The minimum Gasteiger partial charge on any atom is -0.383 e. The molecule has 76 heavy (non-hydrogen) atoms. The van der Waals surface area contributed by atoms with Crippen molar-refractivity contribution in [1.29, 1.82) is 0 Å². The lowest BCUT2D eigenvalue weighted by molar-refractivity contribution is 0.139. The molecule has 0 bridgehead atoms. The number of methoxy groups -OCH3 is 2. The molecule has 390 valence electrons. The molecule has 8 aromatic rings. The number of imidazole rings is 2. The summed E-state index contributed by atoms with van der Waals surface area (Å²) >= 11 is 0. The van der Waals surface area contributed by atoms with Gasteiger partial charge in [-0.25, -0.2) is 9.97 Å². The van der Waals surface area contributed by atoms with Crippen molar-refractivity contribution in [3.8, 4) is 67.7 Å². The van der Waals surface area contributed by atoms with Crippen LogP contribution in [0.1, 0.15) is 51.3 Å². The van der Waals surface area contributed by atoms with Gasteiger partial charge in [0.15, 0.2) is 0 Å². The first kappa shape index (κ1) is 52.1. The van der Waals surface area contributed by atoms with Crippen molar-refractivity contribution in [3.63, 3.8) is 0 Å². The summed E-state index contributed by atoms with van der Waals surface area (Å²) in [5, 5.41) is 0. The third-order valence-electron chi connectivity index (χ3n) is 14.9. The van der Waals surface area contributed by atoms with Gasteiger partial charge in [0, 0.05) is 112 Å². The number of benzene rings is 4. The average molecular weight is 1010 g/mol. The molecule has 0 spiro atoms. The standard InChI is InChI=1S/C66H72N6O4/c1-7-75-35-31-69-43-57(49-17-11-9-12-18-49)41-63(69)53-21-15-22-54(39-53)64-42-58(44-70(64)32-36-76-8-2)59-27-25-51(37-47(59)3)52-26-28-60(48(4)38-52)62-46-72(30-34-74-6)66(68-62)56-24-16-23-55(40-56)65-67-61(45-71(65)29-33-73-5)50-19-13-10-14-20-50/h9-28,37,39-48,59H,7-8,29-36,38H2,1-6H3. The molecule has 0 aliphatic heterocycles. The number of rotatable bonds is 23. The van der Waals surface area contributed by atoms with Gasteiger partial charge in [0.1, 0.15) is 11.6 Å². The normalized spacial score (nSPS) is 16.5. The van der Waals surface area contributed by atoms with E-state index in [1.54, 1.807) is 14.2 Å². The molecule has 4 aromatic carbocycles. The van der Waals surface area contributed by atoms with Crippen LogP contribution < -0.4 is 0 Å². The maximum atomic E-state index is 5.93. The van der Waals surface area contributed by atoms with E-state index in [1.807, 2.05) is 6.07 Å². The van der Waals surface area contributed by atoms with E-state index in [-0.39, 0.29) is 11.8 Å². The molecule has 2 aliphatic carbocycles. The second-order valence-corrected chi connectivity index (χ2v) is 20.0. The van der Waals surface area contributed by atoms with Gasteiger partial charge < -0.3 is 37.2 Å². The summed E-state index contributed by atoms with van der Waals surface area (Å²) in [7, 11) is 3.49. The van der Waals surface area contributed by atoms with Crippen LogP contribution in [0.2, 0.25) is 0 Å². The van der Waals surface area contributed by atoms with Crippen molar-refractivity contribution < 1.29 is 18.9 Å². The van der Waals surface area contributed by atoms with Crippen LogP contribution in [0.4, 0.5) is 0 Å². The zero-order chi connectivity index (χ0) is 52.4. The predicted octanol–water partition coefficient (Wildman–Crippen LogP) is 14.3. The van der Waals surface area contributed by atoms with Gasteiger partial charge in [-0.1, -0.05) is 141 Å².